The van der Waals surface area contributed by atoms with E-state index >= 15 is 0 Å². The summed E-state index contributed by atoms with van der Waals surface area (Å²) in [6, 6.07) is 0. The Morgan fingerprint density at radius 1 is 0.727 bits per heavy atom. The zero-order valence-electron chi connectivity index (χ0n) is 20.6. The first-order chi connectivity index (χ1) is 15.3. The molecule has 0 radical (unpaired) electrons. The van der Waals surface area contributed by atoms with Crippen LogP contribution in [-0.4, -0.2) is 92.5 Å². The Labute approximate surface area is 196 Å². The molecule has 0 aliphatic carbocycles. The number of carbonyl (C=O) groups is 1. The molecule has 5 atom stereocenters. The number of hydrogen-bond donors (Lipinski definition) is 2. The lowest BCUT2D eigenvalue weighted by Gasteiger charge is -2.22. The van der Waals surface area contributed by atoms with Crippen LogP contribution in [0.3, 0.4) is 0 Å². The molecule has 5 unspecified atom stereocenters. The number of rotatable bonds is 20. The summed E-state index contributed by atoms with van der Waals surface area (Å²) < 4.78 is 48.0. The maximum atomic E-state index is 11.4. The van der Waals surface area contributed by atoms with E-state index in [1.165, 1.54) is 0 Å². The third-order valence-corrected chi connectivity index (χ3v) is 4.52. The average molecular weight is 501 g/mol. The van der Waals surface area contributed by atoms with E-state index < -0.39 is 13.8 Å². The standard InChI is InChI=1S/C21H41O11P/c1-15(2)21(22)31-14-20(7)30-13-19(6)29-12-18(5)28-11-17(4)27-10-16(3)26-8-9-32-33(23,24)25/h16-20H,1,8-14H2,2-7H3,(H2,23,24,25). The summed E-state index contributed by atoms with van der Waals surface area (Å²) in [5, 5.41) is 0. The van der Waals surface area contributed by atoms with Crippen LogP contribution in [0, 0.1) is 0 Å². The largest absolute Gasteiger partial charge is 0.469 e. The highest BCUT2D eigenvalue weighted by Crippen LogP contribution is 2.35. The highest BCUT2D eigenvalue weighted by atomic mass is 31.2. The molecule has 0 aliphatic rings. The Morgan fingerprint density at radius 2 is 1.09 bits per heavy atom. The summed E-state index contributed by atoms with van der Waals surface area (Å²) in [7, 11) is -4.47. The van der Waals surface area contributed by atoms with Gasteiger partial charge < -0.3 is 38.2 Å². The molecule has 0 aromatic heterocycles. The SMILES string of the molecule is C=C(C)C(=O)OCC(C)OCC(C)OCC(C)OCC(C)OCC(C)OCCOP(=O)(O)O. The molecule has 0 rings (SSSR count). The van der Waals surface area contributed by atoms with Crippen molar-refractivity contribution in [2.75, 3.05) is 46.2 Å². The molecule has 0 aromatic carbocycles. The molecule has 12 heteroatoms. The van der Waals surface area contributed by atoms with E-state index in [-0.39, 0.29) is 50.3 Å². The van der Waals surface area contributed by atoms with E-state index in [1.807, 2.05) is 27.7 Å². The van der Waals surface area contributed by atoms with E-state index in [1.54, 1.807) is 13.8 Å². The molecule has 0 spiro atoms. The Morgan fingerprint density at radius 3 is 1.45 bits per heavy atom. The van der Waals surface area contributed by atoms with Gasteiger partial charge in [0, 0.05) is 5.57 Å². The predicted octanol–water partition coefficient (Wildman–Crippen LogP) is 2.24. The van der Waals surface area contributed by atoms with Gasteiger partial charge in [0.1, 0.15) is 6.61 Å². The monoisotopic (exact) mass is 500 g/mol. The van der Waals surface area contributed by atoms with Gasteiger partial charge in [-0.25, -0.2) is 9.36 Å². The first-order valence-corrected chi connectivity index (χ1v) is 12.4. The van der Waals surface area contributed by atoms with Gasteiger partial charge in [-0.3, -0.25) is 4.52 Å². The van der Waals surface area contributed by atoms with Crippen molar-refractivity contribution in [2.24, 2.45) is 0 Å². The molecule has 0 bridgehead atoms. The van der Waals surface area contributed by atoms with Gasteiger partial charge in [-0.1, -0.05) is 6.58 Å². The number of carbonyl (C=O) groups excluding carboxylic acids is 1. The molecule has 11 nitrogen and oxygen atoms in total. The Kier molecular flexibility index (Phi) is 17.1. The van der Waals surface area contributed by atoms with Crippen LogP contribution in [0.15, 0.2) is 12.2 Å². The van der Waals surface area contributed by atoms with Crippen molar-refractivity contribution in [3.8, 4) is 0 Å². The van der Waals surface area contributed by atoms with Crippen LogP contribution >= 0.6 is 7.82 Å². The number of ether oxygens (including phenoxy) is 6. The highest BCUT2D eigenvalue weighted by molar-refractivity contribution is 7.46. The Balaban J connectivity index is 3.83. The molecule has 196 valence electrons. The zero-order chi connectivity index (χ0) is 25.4. The second kappa shape index (κ2) is 17.5. The van der Waals surface area contributed by atoms with E-state index in [2.05, 4.69) is 11.1 Å². The van der Waals surface area contributed by atoms with Gasteiger partial charge in [0.25, 0.3) is 0 Å². The molecular formula is C21H41O11P. The quantitative estimate of drug-likeness (QED) is 0.110. The van der Waals surface area contributed by atoms with E-state index in [9.17, 15) is 9.36 Å². The average Bonchev–Trinajstić information content (AvgIpc) is 2.73. The minimum absolute atomic E-state index is 0.0508. The summed E-state index contributed by atoms with van der Waals surface area (Å²) >= 11 is 0. The minimum atomic E-state index is -4.47. The molecular weight excluding hydrogens is 459 g/mol. The van der Waals surface area contributed by atoms with Gasteiger partial charge in [-0.05, 0) is 41.5 Å². The van der Waals surface area contributed by atoms with Gasteiger partial charge >= 0.3 is 13.8 Å². The first-order valence-electron chi connectivity index (χ1n) is 10.9. The van der Waals surface area contributed by atoms with Crippen LogP contribution in [0.1, 0.15) is 41.5 Å². The smallest absolute Gasteiger partial charge is 0.460 e. The van der Waals surface area contributed by atoms with E-state index in [0.29, 0.717) is 32.0 Å². The number of esters is 1. The highest BCUT2D eigenvalue weighted by Gasteiger charge is 2.15. The van der Waals surface area contributed by atoms with Gasteiger partial charge in [0.2, 0.25) is 0 Å². The van der Waals surface area contributed by atoms with Gasteiger partial charge in [-0.2, -0.15) is 0 Å². The zero-order valence-corrected chi connectivity index (χ0v) is 21.5. The van der Waals surface area contributed by atoms with Crippen LogP contribution in [0.5, 0.6) is 0 Å². The fourth-order valence-electron chi connectivity index (χ4n) is 2.16. The maximum absolute atomic E-state index is 11.4. The predicted molar refractivity (Wildman–Crippen MR) is 121 cm³/mol. The summed E-state index contributed by atoms with van der Waals surface area (Å²) in [6.45, 7) is 15.8. The molecule has 0 aliphatic heterocycles. The summed E-state index contributed by atoms with van der Waals surface area (Å²) in [5.74, 6) is -0.436. The second-order valence-electron chi connectivity index (χ2n) is 7.96. The molecule has 0 saturated heterocycles. The third-order valence-electron chi connectivity index (χ3n) is 4.00. The molecule has 33 heavy (non-hydrogen) atoms. The van der Waals surface area contributed by atoms with Gasteiger partial charge in [0.15, 0.2) is 0 Å². The second-order valence-corrected chi connectivity index (χ2v) is 9.20. The van der Waals surface area contributed by atoms with Crippen LogP contribution in [0.4, 0.5) is 0 Å². The van der Waals surface area contributed by atoms with Crippen LogP contribution in [0.25, 0.3) is 0 Å². The number of phosphoric acid groups is 1. The van der Waals surface area contributed by atoms with Crippen molar-refractivity contribution in [2.45, 2.75) is 72.1 Å². The topological polar surface area (TPSA) is 139 Å². The van der Waals surface area contributed by atoms with Crippen molar-refractivity contribution < 1.29 is 52.1 Å². The van der Waals surface area contributed by atoms with E-state index in [4.69, 9.17) is 38.2 Å². The molecule has 0 heterocycles. The minimum Gasteiger partial charge on any atom is -0.460 e. The lowest BCUT2D eigenvalue weighted by Crippen LogP contribution is -2.29. The molecule has 0 aromatic rings. The lowest BCUT2D eigenvalue weighted by molar-refractivity contribution is -0.144. The van der Waals surface area contributed by atoms with Gasteiger partial charge in [0.05, 0.1) is 70.2 Å². The summed E-state index contributed by atoms with van der Waals surface area (Å²) in [6.07, 6.45) is -0.993. The van der Waals surface area contributed by atoms with Gasteiger partial charge in [-0.15, -0.1) is 0 Å². The van der Waals surface area contributed by atoms with Crippen molar-refractivity contribution in [3.05, 3.63) is 12.2 Å². The van der Waals surface area contributed by atoms with Crippen LogP contribution in [0.2, 0.25) is 0 Å². The fraction of sp³-hybridized carbons (Fsp3) is 0.857. The summed E-state index contributed by atoms with van der Waals surface area (Å²) in [4.78, 5) is 28.6. The third kappa shape index (κ3) is 20.2. The number of hydrogen-bond acceptors (Lipinski definition) is 9. The van der Waals surface area contributed by atoms with Crippen molar-refractivity contribution >= 4 is 13.8 Å². The maximum Gasteiger partial charge on any atom is 0.469 e. The summed E-state index contributed by atoms with van der Waals surface area (Å²) in [5.41, 5.74) is 0.349. The van der Waals surface area contributed by atoms with Crippen molar-refractivity contribution in [3.63, 3.8) is 0 Å². The van der Waals surface area contributed by atoms with E-state index in [0.717, 1.165) is 0 Å². The van der Waals surface area contributed by atoms with Crippen molar-refractivity contribution in [1.29, 1.82) is 0 Å². The Hall–Kier alpha value is -0.880. The molecule has 2 N–H and O–H groups in total. The normalized spacial score (nSPS) is 16.6. The number of phosphoric ester groups is 1. The Bertz CT molecular complexity index is 595. The molecule has 0 amide bonds. The first kappa shape index (κ1) is 32.1. The van der Waals surface area contributed by atoms with Crippen LogP contribution < -0.4 is 0 Å². The van der Waals surface area contributed by atoms with Crippen molar-refractivity contribution in [1.82, 2.24) is 0 Å². The fourth-order valence-corrected chi connectivity index (χ4v) is 2.47. The molecule has 0 fully saturated rings. The molecule has 0 saturated carbocycles. The van der Waals surface area contributed by atoms with Crippen LogP contribution in [-0.2, 0) is 42.3 Å². The lowest BCUT2D eigenvalue weighted by atomic mass is 10.3.